The first kappa shape index (κ1) is 24.1. The molecule has 0 saturated heterocycles. The second kappa shape index (κ2) is 10.9. The highest BCUT2D eigenvalue weighted by Gasteiger charge is 2.28. The Morgan fingerprint density at radius 3 is 2.12 bits per heavy atom. The molecule has 1 N–H and O–H groups in total. The van der Waals surface area contributed by atoms with Crippen molar-refractivity contribution in [2.75, 3.05) is 31.6 Å². The van der Waals surface area contributed by atoms with Crippen molar-refractivity contribution in [3.63, 3.8) is 0 Å². The topological polar surface area (TPSA) is 84.9 Å². The largest absolute Gasteiger partial charge is 0.493 e. The van der Waals surface area contributed by atoms with Crippen molar-refractivity contribution in [2.45, 2.75) is 17.7 Å². The normalized spacial score (nSPS) is 12.0. The Balaban J connectivity index is 1.87. The summed E-state index contributed by atoms with van der Waals surface area (Å²) in [6.07, 6.45) is 0. The first-order chi connectivity index (χ1) is 15.9. The summed E-state index contributed by atoms with van der Waals surface area (Å²) in [6.45, 7) is 2.00. The van der Waals surface area contributed by atoms with Gasteiger partial charge in [-0.25, -0.2) is 8.42 Å². The smallest absolute Gasteiger partial charge is 0.264 e. The number of carbonyl (C=O) groups excluding carboxylic acids is 1. The lowest BCUT2D eigenvalue weighted by molar-refractivity contribution is -0.119. The van der Waals surface area contributed by atoms with Gasteiger partial charge in [-0.3, -0.25) is 9.10 Å². The van der Waals surface area contributed by atoms with Crippen LogP contribution >= 0.6 is 0 Å². The van der Waals surface area contributed by atoms with E-state index in [1.165, 1.54) is 26.4 Å². The molecule has 0 radical (unpaired) electrons. The van der Waals surface area contributed by atoms with Crippen molar-refractivity contribution in [2.24, 2.45) is 0 Å². The minimum Gasteiger partial charge on any atom is -0.493 e. The number of anilines is 1. The minimum atomic E-state index is -4.01. The fourth-order valence-corrected chi connectivity index (χ4v) is 4.80. The highest BCUT2D eigenvalue weighted by atomic mass is 32.2. The van der Waals surface area contributed by atoms with Gasteiger partial charge in [0.2, 0.25) is 5.91 Å². The highest BCUT2D eigenvalue weighted by molar-refractivity contribution is 7.92. The lowest BCUT2D eigenvalue weighted by Crippen LogP contribution is -2.41. The summed E-state index contributed by atoms with van der Waals surface area (Å²) in [5.74, 6) is 0.489. The maximum Gasteiger partial charge on any atom is 0.264 e. The Bertz CT molecular complexity index is 1170. The number of nitrogens with zero attached hydrogens (tertiary/aromatic N) is 1. The molecule has 1 atom stereocenters. The van der Waals surface area contributed by atoms with E-state index in [2.05, 4.69) is 5.32 Å². The molecule has 0 aromatic heterocycles. The van der Waals surface area contributed by atoms with E-state index in [0.717, 1.165) is 9.87 Å². The molecule has 3 aromatic carbocycles. The van der Waals surface area contributed by atoms with E-state index in [4.69, 9.17) is 9.47 Å². The Morgan fingerprint density at radius 2 is 1.52 bits per heavy atom. The summed E-state index contributed by atoms with van der Waals surface area (Å²) in [6, 6.07) is 22.6. The average molecular weight is 469 g/mol. The summed E-state index contributed by atoms with van der Waals surface area (Å²) in [4.78, 5) is 12.9. The number of amides is 1. The monoisotopic (exact) mass is 468 g/mol. The number of ether oxygens (including phenoxy) is 2. The predicted octanol–water partition coefficient (Wildman–Crippen LogP) is 3.82. The number of methoxy groups -OCH3 is 2. The van der Waals surface area contributed by atoms with Crippen LogP contribution in [-0.2, 0) is 14.8 Å². The lowest BCUT2D eigenvalue weighted by atomic mass is 10.0. The third-order valence-electron chi connectivity index (χ3n) is 5.25. The Hall–Kier alpha value is -3.52. The number of hydrogen-bond acceptors (Lipinski definition) is 5. The Morgan fingerprint density at radius 1 is 0.909 bits per heavy atom. The van der Waals surface area contributed by atoms with Crippen LogP contribution in [-0.4, -0.2) is 41.6 Å². The van der Waals surface area contributed by atoms with E-state index in [0.29, 0.717) is 23.7 Å². The van der Waals surface area contributed by atoms with Gasteiger partial charge in [-0.15, -0.1) is 0 Å². The van der Waals surface area contributed by atoms with Gasteiger partial charge in [-0.2, -0.15) is 0 Å². The van der Waals surface area contributed by atoms with Gasteiger partial charge in [-0.05, 0) is 35.7 Å². The van der Waals surface area contributed by atoms with Gasteiger partial charge < -0.3 is 14.8 Å². The maximum absolute atomic E-state index is 13.5. The van der Waals surface area contributed by atoms with E-state index in [1.807, 2.05) is 37.3 Å². The van der Waals surface area contributed by atoms with Crippen molar-refractivity contribution < 1.29 is 22.7 Å². The molecule has 174 valence electrons. The van der Waals surface area contributed by atoms with Crippen LogP contribution in [0.4, 0.5) is 5.69 Å². The molecule has 0 heterocycles. The molecule has 33 heavy (non-hydrogen) atoms. The van der Waals surface area contributed by atoms with E-state index in [9.17, 15) is 13.2 Å². The van der Waals surface area contributed by atoms with Crippen LogP contribution in [0.3, 0.4) is 0 Å². The number of hydrogen-bond donors (Lipinski definition) is 1. The molecule has 0 saturated carbocycles. The van der Waals surface area contributed by atoms with Crippen LogP contribution in [0.5, 0.6) is 11.5 Å². The lowest BCUT2D eigenvalue weighted by Gasteiger charge is -2.25. The molecule has 0 aliphatic rings. The first-order valence-corrected chi connectivity index (χ1v) is 11.9. The fourth-order valence-electron chi connectivity index (χ4n) is 3.37. The number of nitrogens with one attached hydrogen (secondary N) is 1. The van der Waals surface area contributed by atoms with Crippen molar-refractivity contribution >= 4 is 21.6 Å². The molecule has 0 aliphatic carbocycles. The zero-order valence-corrected chi connectivity index (χ0v) is 19.7. The van der Waals surface area contributed by atoms with Crippen molar-refractivity contribution in [3.05, 3.63) is 84.4 Å². The SMILES string of the molecule is COc1ccc(N(CC(=O)NCC(C)c2ccccc2)S(=O)(=O)c2ccccc2)cc1OC. The molecule has 3 rings (SSSR count). The van der Waals surface area contributed by atoms with Crippen LogP contribution in [0, 0.1) is 0 Å². The minimum absolute atomic E-state index is 0.0791. The van der Waals surface area contributed by atoms with Gasteiger partial charge in [0, 0.05) is 12.6 Å². The second-order valence-electron chi connectivity index (χ2n) is 7.48. The average Bonchev–Trinajstić information content (AvgIpc) is 2.86. The van der Waals surface area contributed by atoms with Gasteiger partial charge in [0.05, 0.1) is 24.8 Å². The number of sulfonamides is 1. The standard InChI is InChI=1S/C25H28N2O5S/c1-19(20-10-6-4-7-11-20)17-26-25(28)18-27(33(29,30)22-12-8-5-9-13-22)21-14-15-23(31-2)24(16-21)32-3/h4-16,19H,17-18H2,1-3H3,(H,26,28). The third-order valence-corrected chi connectivity index (χ3v) is 7.04. The molecule has 0 aliphatic heterocycles. The summed E-state index contributed by atoms with van der Waals surface area (Å²) in [7, 11) is -1.04. The Labute approximate surface area is 195 Å². The summed E-state index contributed by atoms with van der Waals surface area (Å²) < 4.78 is 38.6. The van der Waals surface area contributed by atoms with Crippen LogP contribution in [0.15, 0.2) is 83.8 Å². The fraction of sp³-hybridized carbons (Fsp3) is 0.240. The number of rotatable bonds is 10. The summed E-state index contributed by atoms with van der Waals surface area (Å²) in [5.41, 5.74) is 1.38. The van der Waals surface area contributed by atoms with Crippen LogP contribution in [0.1, 0.15) is 18.4 Å². The summed E-state index contributed by atoms with van der Waals surface area (Å²) >= 11 is 0. The van der Waals surface area contributed by atoms with Crippen LogP contribution < -0.4 is 19.1 Å². The predicted molar refractivity (Wildman–Crippen MR) is 128 cm³/mol. The zero-order chi connectivity index (χ0) is 23.8. The van der Waals surface area contributed by atoms with E-state index in [-0.39, 0.29) is 17.4 Å². The number of carbonyl (C=O) groups is 1. The molecular formula is C25H28N2O5S. The van der Waals surface area contributed by atoms with Gasteiger partial charge in [0.1, 0.15) is 6.54 Å². The van der Waals surface area contributed by atoms with Gasteiger partial charge in [0.25, 0.3) is 10.0 Å². The molecule has 1 unspecified atom stereocenters. The molecule has 0 spiro atoms. The molecule has 1 amide bonds. The van der Waals surface area contributed by atoms with Crippen molar-refractivity contribution in [1.29, 1.82) is 0 Å². The van der Waals surface area contributed by atoms with E-state index < -0.39 is 15.9 Å². The third kappa shape index (κ3) is 5.84. The zero-order valence-electron chi connectivity index (χ0n) is 18.9. The molecule has 8 heteroatoms. The number of benzene rings is 3. The molecule has 7 nitrogen and oxygen atoms in total. The van der Waals surface area contributed by atoms with Gasteiger partial charge >= 0.3 is 0 Å². The van der Waals surface area contributed by atoms with Gasteiger partial charge in [0.15, 0.2) is 11.5 Å². The van der Waals surface area contributed by atoms with Crippen molar-refractivity contribution in [3.8, 4) is 11.5 Å². The molecule has 0 fully saturated rings. The molecule has 3 aromatic rings. The van der Waals surface area contributed by atoms with E-state index in [1.54, 1.807) is 36.4 Å². The second-order valence-corrected chi connectivity index (χ2v) is 9.34. The quantitative estimate of drug-likeness (QED) is 0.489. The van der Waals surface area contributed by atoms with Crippen molar-refractivity contribution in [1.82, 2.24) is 5.32 Å². The summed E-state index contributed by atoms with van der Waals surface area (Å²) in [5, 5.41) is 2.85. The van der Waals surface area contributed by atoms with Crippen LogP contribution in [0.2, 0.25) is 0 Å². The highest BCUT2D eigenvalue weighted by Crippen LogP contribution is 2.33. The first-order valence-electron chi connectivity index (χ1n) is 10.5. The molecule has 0 bridgehead atoms. The van der Waals surface area contributed by atoms with E-state index >= 15 is 0 Å². The Kier molecular flexibility index (Phi) is 7.95. The van der Waals surface area contributed by atoms with Gasteiger partial charge in [-0.1, -0.05) is 55.5 Å². The maximum atomic E-state index is 13.5. The van der Waals surface area contributed by atoms with Crippen LogP contribution in [0.25, 0.3) is 0 Å². The molecular weight excluding hydrogens is 440 g/mol.